The molecule has 1 unspecified atom stereocenters. The molecular formula is C14H22N2O2. The van der Waals surface area contributed by atoms with Crippen molar-refractivity contribution in [2.45, 2.75) is 33.1 Å². The summed E-state index contributed by atoms with van der Waals surface area (Å²) < 4.78 is 0. The van der Waals surface area contributed by atoms with Crippen LogP contribution in [0.1, 0.15) is 32.3 Å². The molecule has 0 saturated heterocycles. The van der Waals surface area contributed by atoms with Crippen LogP contribution in [-0.2, 0) is 6.42 Å². The molecule has 0 radical (unpaired) electrons. The number of nitro benzene ring substituents is 1. The smallest absolute Gasteiger partial charge is 0.269 e. The van der Waals surface area contributed by atoms with Gasteiger partial charge in [-0.25, -0.2) is 0 Å². The minimum atomic E-state index is -0.364. The Bertz CT molecular complexity index is 363. The molecule has 18 heavy (non-hydrogen) atoms. The van der Waals surface area contributed by atoms with Gasteiger partial charge < -0.3 is 5.32 Å². The standard InChI is InChI=1S/C14H22N2O2/c1-3-12(2)11-15-10-4-5-13-6-8-14(9-7-13)16(17)18/h6-9,12,15H,3-5,10-11H2,1-2H3. The molecule has 0 bridgehead atoms. The SMILES string of the molecule is CCC(C)CNCCCc1ccc([N+](=O)[O-])cc1. The number of nitrogens with one attached hydrogen (secondary N) is 1. The number of nitro groups is 1. The molecule has 0 aliphatic carbocycles. The molecule has 1 atom stereocenters. The van der Waals surface area contributed by atoms with Gasteiger partial charge in [-0.3, -0.25) is 10.1 Å². The molecule has 1 aromatic rings. The number of non-ortho nitro benzene ring substituents is 1. The van der Waals surface area contributed by atoms with Crippen LogP contribution in [0.4, 0.5) is 5.69 Å². The van der Waals surface area contributed by atoms with E-state index in [-0.39, 0.29) is 10.6 Å². The molecule has 1 N–H and O–H groups in total. The highest BCUT2D eigenvalue weighted by atomic mass is 16.6. The maximum Gasteiger partial charge on any atom is 0.269 e. The van der Waals surface area contributed by atoms with Crippen LogP contribution < -0.4 is 5.32 Å². The van der Waals surface area contributed by atoms with Gasteiger partial charge in [0.1, 0.15) is 0 Å². The van der Waals surface area contributed by atoms with Gasteiger partial charge in [0, 0.05) is 12.1 Å². The quantitative estimate of drug-likeness (QED) is 0.438. The first-order chi connectivity index (χ1) is 8.63. The Morgan fingerprint density at radius 2 is 2.00 bits per heavy atom. The Labute approximate surface area is 109 Å². The summed E-state index contributed by atoms with van der Waals surface area (Å²) in [4.78, 5) is 10.1. The number of rotatable bonds is 8. The molecule has 0 aliphatic heterocycles. The average Bonchev–Trinajstić information content (AvgIpc) is 2.38. The van der Waals surface area contributed by atoms with Gasteiger partial charge in [-0.15, -0.1) is 0 Å². The summed E-state index contributed by atoms with van der Waals surface area (Å²) in [5.41, 5.74) is 1.32. The van der Waals surface area contributed by atoms with E-state index in [1.54, 1.807) is 12.1 Å². The third kappa shape index (κ3) is 5.27. The molecule has 4 nitrogen and oxygen atoms in total. The molecule has 100 valence electrons. The number of benzene rings is 1. The lowest BCUT2D eigenvalue weighted by Crippen LogP contribution is -2.22. The second-order valence-corrected chi connectivity index (χ2v) is 4.74. The normalized spacial score (nSPS) is 12.3. The van der Waals surface area contributed by atoms with Crippen molar-refractivity contribution in [2.75, 3.05) is 13.1 Å². The first-order valence-electron chi connectivity index (χ1n) is 6.57. The van der Waals surface area contributed by atoms with Crippen molar-refractivity contribution >= 4 is 5.69 Å². The highest BCUT2D eigenvalue weighted by Crippen LogP contribution is 2.12. The summed E-state index contributed by atoms with van der Waals surface area (Å²) in [6, 6.07) is 6.82. The minimum Gasteiger partial charge on any atom is -0.316 e. The fourth-order valence-corrected chi connectivity index (χ4v) is 1.69. The molecule has 0 heterocycles. The van der Waals surface area contributed by atoms with E-state index in [1.807, 2.05) is 12.1 Å². The van der Waals surface area contributed by atoms with Crippen LogP contribution >= 0.6 is 0 Å². The minimum absolute atomic E-state index is 0.161. The van der Waals surface area contributed by atoms with Gasteiger partial charge >= 0.3 is 0 Å². The van der Waals surface area contributed by atoms with Gasteiger partial charge in [0.15, 0.2) is 0 Å². The summed E-state index contributed by atoms with van der Waals surface area (Å²) in [6.07, 6.45) is 3.23. The topological polar surface area (TPSA) is 55.2 Å². The molecule has 4 heteroatoms. The van der Waals surface area contributed by atoms with Crippen LogP contribution in [0.25, 0.3) is 0 Å². The predicted molar refractivity (Wildman–Crippen MR) is 73.7 cm³/mol. The van der Waals surface area contributed by atoms with E-state index in [1.165, 1.54) is 6.42 Å². The van der Waals surface area contributed by atoms with Gasteiger partial charge in [-0.2, -0.15) is 0 Å². The van der Waals surface area contributed by atoms with Crippen molar-refractivity contribution in [3.8, 4) is 0 Å². The first kappa shape index (κ1) is 14.6. The number of hydrogen-bond acceptors (Lipinski definition) is 3. The fraction of sp³-hybridized carbons (Fsp3) is 0.571. The Morgan fingerprint density at radius 1 is 1.33 bits per heavy atom. The Hall–Kier alpha value is -1.42. The molecule has 0 fully saturated rings. The summed E-state index contributed by atoms with van der Waals surface area (Å²) in [6.45, 7) is 6.50. The van der Waals surface area contributed by atoms with E-state index < -0.39 is 0 Å². The summed E-state index contributed by atoms with van der Waals surface area (Å²) >= 11 is 0. The Kier molecular flexibility index (Phi) is 6.36. The largest absolute Gasteiger partial charge is 0.316 e. The van der Waals surface area contributed by atoms with E-state index in [4.69, 9.17) is 0 Å². The van der Waals surface area contributed by atoms with Gasteiger partial charge in [0.05, 0.1) is 4.92 Å². The maximum absolute atomic E-state index is 10.5. The van der Waals surface area contributed by atoms with Crippen molar-refractivity contribution in [1.82, 2.24) is 5.32 Å². The first-order valence-corrected chi connectivity index (χ1v) is 6.57. The number of aryl methyl sites for hydroxylation is 1. The Balaban J connectivity index is 2.21. The third-order valence-corrected chi connectivity index (χ3v) is 3.16. The molecule has 0 aliphatic rings. The molecule has 1 aromatic carbocycles. The van der Waals surface area contributed by atoms with Gasteiger partial charge in [-0.05, 0) is 37.4 Å². The lowest BCUT2D eigenvalue weighted by Gasteiger charge is -2.09. The van der Waals surface area contributed by atoms with E-state index in [0.29, 0.717) is 0 Å². The van der Waals surface area contributed by atoms with Crippen LogP contribution in [0.3, 0.4) is 0 Å². The molecule has 0 saturated carbocycles. The summed E-state index contributed by atoms with van der Waals surface area (Å²) in [7, 11) is 0. The van der Waals surface area contributed by atoms with E-state index in [9.17, 15) is 10.1 Å². The van der Waals surface area contributed by atoms with Crippen molar-refractivity contribution in [2.24, 2.45) is 5.92 Å². The zero-order valence-corrected chi connectivity index (χ0v) is 11.2. The van der Waals surface area contributed by atoms with Gasteiger partial charge in [-0.1, -0.05) is 32.4 Å². The van der Waals surface area contributed by atoms with Gasteiger partial charge in [0.2, 0.25) is 0 Å². The van der Waals surface area contributed by atoms with E-state index in [0.717, 1.165) is 37.4 Å². The van der Waals surface area contributed by atoms with Crippen molar-refractivity contribution in [3.05, 3.63) is 39.9 Å². The highest BCUT2D eigenvalue weighted by molar-refractivity contribution is 5.32. The average molecular weight is 250 g/mol. The van der Waals surface area contributed by atoms with Crippen LogP contribution in [0, 0.1) is 16.0 Å². The molecule has 0 aromatic heterocycles. The molecule has 0 spiro atoms. The fourth-order valence-electron chi connectivity index (χ4n) is 1.69. The van der Waals surface area contributed by atoms with Crippen molar-refractivity contribution in [3.63, 3.8) is 0 Å². The van der Waals surface area contributed by atoms with Gasteiger partial charge in [0.25, 0.3) is 5.69 Å². The number of hydrogen-bond donors (Lipinski definition) is 1. The second kappa shape index (κ2) is 7.82. The van der Waals surface area contributed by atoms with E-state index in [2.05, 4.69) is 19.2 Å². The number of nitrogens with zero attached hydrogens (tertiary/aromatic N) is 1. The Morgan fingerprint density at radius 3 is 2.56 bits per heavy atom. The predicted octanol–water partition coefficient (Wildman–Crippen LogP) is 3.16. The van der Waals surface area contributed by atoms with Crippen molar-refractivity contribution < 1.29 is 4.92 Å². The lowest BCUT2D eigenvalue weighted by molar-refractivity contribution is -0.384. The van der Waals surface area contributed by atoms with Crippen LogP contribution in [0.15, 0.2) is 24.3 Å². The van der Waals surface area contributed by atoms with Crippen LogP contribution in [0.2, 0.25) is 0 Å². The highest BCUT2D eigenvalue weighted by Gasteiger charge is 2.03. The summed E-state index contributed by atoms with van der Waals surface area (Å²) in [5.74, 6) is 0.726. The van der Waals surface area contributed by atoms with Crippen molar-refractivity contribution in [1.29, 1.82) is 0 Å². The molecule has 1 rings (SSSR count). The molecule has 0 amide bonds. The molecular weight excluding hydrogens is 228 g/mol. The lowest BCUT2D eigenvalue weighted by atomic mass is 10.1. The maximum atomic E-state index is 10.5. The van der Waals surface area contributed by atoms with E-state index >= 15 is 0 Å². The second-order valence-electron chi connectivity index (χ2n) is 4.74. The van der Waals surface area contributed by atoms with Crippen LogP contribution in [0.5, 0.6) is 0 Å². The van der Waals surface area contributed by atoms with Crippen LogP contribution in [-0.4, -0.2) is 18.0 Å². The summed E-state index contributed by atoms with van der Waals surface area (Å²) in [5, 5.41) is 13.9. The zero-order valence-electron chi connectivity index (χ0n) is 11.2. The zero-order chi connectivity index (χ0) is 13.4. The third-order valence-electron chi connectivity index (χ3n) is 3.16. The monoisotopic (exact) mass is 250 g/mol.